The van der Waals surface area contributed by atoms with E-state index in [1.807, 2.05) is 0 Å². The number of hydrogen-bond acceptors (Lipinski definition) is 4. The van der Waals surface area contributed by atoms with Crippen LogP contribution in [0.25, 0.3) is 0 Å². The Balaban J connectivity index is 3.63. The highest BCUT2D eigenvalue weighted by Gasteiger charge is 2.39. The zero-order valence-corrected chi connectivity index (χ0v) is 23.4. The third-order valence-corrected chi connectivity index (χ3v) is 6.73. The van der Waals surface area contributed by atoms with Crippen molar-refractivity contribution in [3.8, 4) is 0 Å². The molecule has 0 saturated heterocycles. The van der Waals surface area contributed by atoms with Gasteiger partial charge in [-0.05, 0) is 26.7 Å². The van der Waals surface area contributed by atoms with Gasteiger partial charge in [0.25, 0.3) is 0 Å². The molecular formula is C30H58O4. The smallest absolute Gasteiger partial charge is 0.322 e. The summed E-state index contributed by atoms with van der Waals surface area (Å²) in [6, 6.07) is 0. The number of esters is 2. The second-order valence-electron chi connectivity index (χ2n) is 10.6. The number of unbranched alkanes of at least 4 members (excludes halogenated alkanes) is 19. The van der Waals surface area contributed by atoms with Crippen molar-refractivity contribution in [1.29, 1.82) is 0 Å². The van der Waals surface area contributed by atoms with E-state index < -0.39 is 17.4 Å². The predicted molar refractivity (Wildman–Crippen MR) is 144 cm³/mol. The lowest BCUT2D eigenvalue weighted by atomic mass is 9.94. The number of rotatable bonds is 25. The van der Waals surface area contributed by atoms with E-state index in [9.17, 15) is 9.59 Å². The third kappa shape index (κ3) is 19.3. The molecule has 0 unspecified atom stereocenters. The summed E-state index contributed by atoms with van der Waals surface area (Å²) in [7, 11) is 0. The van der Waals surface area contributed by atoms with Crippen molar-refractivity contribution in [2.24, 2.45) is 5.41 Å². The van der Waals surface area contributed by atoms with Gasteiger partial charge in [0.05, 0.1) is 13.2 Å². The van der Waals surface area contributed by atoms with Crippen LogP contribution >= 0.6 is 0 Å². The van der Waals surface area contributed by atoms with Crippen molar-refractivity contribution >= 4 is 11.9 Å². The van der Waals surface area contributed by atoms with Crippen LogP contribution in [0.15, 0.2) is 0 Å². The molecule has 0 atom stereocenters. The summed E-state index contributed by atoms with van der Waals surface area (Å²) in [5.41, 5.74) is -1.23. The molecule has 0 aromatic carbocycles. The normalized spacial score (nSPS) is 11.5. The van der Waals surface area contributed by atoms with Crippen LogP contribution in [0.3, 0.4) is 0 Å². The molecule has 0 N–H and O–H groups in total. The molecule has 4 nitrogen and oxygen atoms in total. The molecule has 4 heteroatoms. The molecule has 0 aliphatic carbocycles. The Labute approximate surface area is 212 Å². The average molecular weight is 483 g/mol. The van der Waals surface area contributed by atoms with Gasteiger partial charge in [0.1, 0.15) is 0 Å². The first-order valence-electron chi connectivity index (χ1n) is 14.8. The molecule has 0 aromatic heterocycles. The molecule has 0 saturated carbocycles. The van der Waals surface area contributed by atoms with E-state index in [0.717, 1.165) is 25.7 Å². The molecule has 0 fully saturated rings. The molecule has 0 aliphatic heterocycles. The second kappa shape index (κ2) is 23.7. The fourth-order valence-corrected chi connectivity index (χ4v) is 4.13. The van der Waals surface area contributed by atoms with Gasteiger partial charge >= 0.3 is 11.9 Å². The Morgan fingerprint density at radius 2 is 0.676 bits per heavy atom. The van der Waals surface area contributed by atoms with Crippen molar-refractivity contribution < 1.29 is 19.1 Å². The van der Waals surface area contributed by atoms with Gasteiger partial charge in [0.2, 0.25) is 0 Å². The van der Waals surface area contributed by atoms with E-state index in [4.69, 9.17) is 9.47 Å². The Hall–Kier alpha value is -1.06. The van der Waals surface area contributed by atoms with Crippen LogP contribution in [0.4, 0.5) is 0 Å². The molecule has 0 rings (SSSR count). The minimum absolute atomic E-state index is 0.393. The summed E-state index contributed by atoms with van der Waals surface area (Å²) in [6.07, 6.45) is 26.3. The van der Waals surface area contributed by atoms with Crippen LogP contribution < -0.4 is 0 Å². The molecule has 0 heterocycles. The maximum absolute atomic E-state index is 12.4. The van der Waals surface area contributed by atoms with Gasteiger partial charge in [0, 0.05) is 0 Å². The summed E-state index contributed by atoms with van der Waals surface area (Å²) in [5, 5.41) is 0. The lowest BCUT2D eigenvalue weighted by molar-refractivity contribution is -0.170. The van der Waals surface area contributed by atoms with Crippen molar-refractivity contribution in [3.63, 3.8) is 0 Å². The predicted octanol–water partition coefficient (Wildman–Crippen LogP) is 9.33. The summed E-state index contributed by atoms with van der Waals surface area (Å²) in [6.45, 7) is 8.50. The van der Waals surface area contributed by atoms with E-state index in [0.29, 0.717) is 13.2 Å². The lowest BCUT2D eigenvalue weighted by Gasteiger charge is -2.20. The van der Waals surface area contributed by atoms with Crippen LogP contribution in [0.5, 0.6) is 0 Å². The molecule has 0 radical (unpaired) electrons. The fourth-order valence-electron chi connectivity index (χ4n) is 4.13. The Kier molecular flexibility index (Phi) is 22.9. The fraction of sp³-hybridized carbons (Fsp3) is 0.933. The summed E-state index contributed by atoms with van der Waals surface area (Å²) >= 11 is 0. The highest BCUT2D eigenvalue weighted by molar-refractivity contribution is 5.99. The Morgan fingerprint density at radius 3 is 0.941 bits per heavy atom. The van der Waals surface area contributed by atoms with Gasteiger partial charge in [-0.25, -0.2) is 0 Å². The highest BCUT2D eigenvalue weighted by atomic mass is 16.6. The van der Waals surface area contributed by atoms with E-state index in [1.165, 1.54) is 109 Å². The molecule has 0 amide bonds. The summed E-state index contributed by atoms with van der Waals surface area (Å²) in [4.78, 5) is 24.7. The van der Waals surface area contributed by atoms with Gasteiger partial charge in [-0.2, -0.15) is 0 Å². The van der Waals surface area contributed by atoms with E-state index >= 15 is 0 Å². The largest absolute Gasteiger partial charge is 0.465 e. The number of carbonyl (C=O) groups is 2. The van der Waals surface area contributed by atoms with Gasteiger partial charge in [-0.1, -0.05) is 136 Å². The molecule has 34 heavy (non-hydrogen) atoms. The zero-order valence-electron chi connectivity index (χ0n) is 23.4. The number of ether oxygens (including phenoxy) is 2. The van der Waals surface area contributed by atoms with Crippen LogP contribution in [-0.4, -0.2) is 25.2 Å². The average Bonchev–Trinajstić information content (AvgIpc) is 2.82. The van der Waals surface area contributed by atoms with Gasteiger partial charge in [-0.15, -0.1) is 0 Å². The van der Waals surface area contributed by atoms with Crippen LogP contribution in [-0.2, 0) is 19.1 Å². The van der Waals surface area contributed by atoms with Gasteiger partial charge < -0.3 is 9.47 Å². The van der Waals surface area contributed by atoms with Crippen LogP contribution in [0.2, 0.25) is 0 Å². The first-order valence-corrected chi connectivity index (χ1v) is 14.8. The molecule has 202 valence electrons. The minimum atomic E-state index is -1.23. The standard InChI is InChI=1S/C30H58O4/c1-5-7-9-11-13-15-16-17-19-21-23-25-27-34-29(32)30(3,4)28(31)33-26-24-22-20-18-14-12-10-8-6-2/h5-27H2,1-4H3. The Bertz CT molecular complexity index is 472. The van der Waals surface area contributed by atoms with Crippen LogP contribution in [0.1, 0.15) is 163 Å². The first-order chi connectivity index (χ1) is 16.5. The molecular weight excluding hydrogens is 424 g/mol. The van der Waals surface area contributed by atoms with Crippen molar-refractivity contribution in [2.75, 3.05) is 13.2 Å². The number of carbonyl (C=O) groups excluding carboxylic acids is 2. The molecule has 0 spiro atoms. The quantitative estimate of drug-likeness (QED) is 0.0738. The van der Waals surface area contributed by atoms with E-state index in [2.05, 4.69) is 13.8 Å². The topological polar surface area (TPSA) is 52.6 Å². The van der Waals surface area contributed by atoms with Crippen LogP contribution in [0, 0.1) is 5.41 Å². The lowest BCUT2D eigenvalue weighted by Crippen LogP contribution is -2.37. The number of hydrogen-bond donors (Lipinski definition) is 0. The van der Waals surface area contributed by atoms with Crippen molar-refractivity contribution in [3.05, 3.63) is 0 Å². The molecule has 0 aliphatic rings. The van der Waals surface area contributed by atoms with E-state index in [-0.39, 0.29) is 0 Å². The minimum Gasteiger partial charge on any atom is -0.465 e. The summed E-state index contributed by atoms with van der Waals surface area (Å²) < 4.78 is 10.7. The van der Waals surface area contributed by atoms with Crippen molar-refractivity contribution in [1.82, 2.24) is 0 Å². The van der Waals surface area contributed by atoms with Gasteiger partial charge in [0.15, 0.2) is 5.41 Å². The molecule has 0 bridgehead atoms. The second-order valence-corrected chi connectivity index (χ2v) is 10.6. The molecule has 0 aromatic rings. The van der Waals surface area contributed by atoms with E-state index in [1.54, 1.807) is 13.8 Å². The maximum atomic E-state index is 12.4. The summed E-state index contributed by atoms with van der Waals surface area (Å²) in [5.74, 6) is -0.931. The Morgan fingerprint density at radius 1 is 0.441 bits per heavy atom. The first kappa shape index (κ1) is 32.9. The monoisotopic (exact) mass is 482 g/mol. The van der Waals surface area contributed by atoms with Crippen molar-refractivity contribution in [2.45, 2.75) is 163 Å². The third-order valence-electron chi connectivity index (χ3n) is 6.73. The zero-order chi connectivity index (χ0) is 25.3. The highest BCUT2D eigenvalue weighted by Crippen LogP contribution is 2.21. The maximum Gasteiger partial charge on any atom is 0.322 e. The SMILES string of the molecule is CCCCCCCCCCCCCCOC(=O)C(C)(C)C(=O)OCCCCCCCCCCC. The van der Waals surface area contributed by atoms with Gasteiger partial charge in [-0.3, -0.25) is 9.59 Å².